The number of nitrogens with zero attached hydrogens (tertiary/aromatic N) is 4. The second kappa shape index (κ2) is 7.03. The molecule has 1 atom stereocenters. The van der Waals surface area contributed by atoms with Gasteiger partial charge in [0.25, 0.3) is 5.91 Å². The van der Waals surface area contributed by atoms with E-state index in [9.17, 15) is 9.18 Å². The van der Waals surface area contributed by atoms with E-state index in [4.69, 9.17) is 4.74 Å². The number of pyridine rings is 1. The van der Waals surface area contributed by atoms with Crippen molar-refractivity contribution in [3.05, 3.63) is 60.3 Å². The van der Waals surface area contributed by atoms with Crippen molar-refractivity contribution in [2.45, 2.75) is 18.9 Å². The molecule has 1 aliphatic heterocycles. The average molecular weight is 352 g/mol. The number of hydrogen-bond donors (Lipinski definition) is 0. The van der Waals surface area contributed by atoms with Gasteiger partial charge in [-0.3, -0.25) is 4.79 Å². The Morgan fingerprint density at radius 3 is 2.81 bits per heavy atom. The van der Waals surface area contributed by atoms with Crippen LogP contribution in [0.2, 0.25) is 0 Å². The fourth-order valence-corrected chi connectivity index (χ4v) is 3.08. The van der Waals surface area contributed by atoms with Crippen molar-refractivity contribution in [1.29, 1.82) is 0 Å². The smallest absolute Gasteiger partial charge is 0.316 e. The second-order valence-corrected chi connectivity index (χ2v) is 6.21. The largest absolute Gasteiger partial charge is 0.458 e. The first kappa shape index (κ1) is 16.4. The van der Waals surface area contributed by atoms with Crippen LogP contribution in [-0.2, 0) is 0 Å². The molecular weight excluding hydrogens is 335 g/mol. The summed E-state index contributed by atoms with van der Waals surface area (Å²) in [5, 5.41) is 0.998. The minimum atomic E-state index is -0.514. The lowest BCUT2D eigenvalue weighted by atomic mass is 10.1. The van der Waals surface area contributed by atoms with Crippen molar-refractivity contribution >= 4 is 16.8 Å². The highest BCUT2D eigenvalue weighted by Crippen LogP contribution is 2.18. The van der Waals surface area contributed by atoms with E-state index in [1.807, 2.05) is 30.3 Å². The van der Waals surface area contributed by atoms with Crippen molar-refractivity contribution in [2.24, 2.45) is 0 Å². The molecule has 0 saturated carbocycles. The van der Waals surface area contributed by atoms with Crippen LogP contribution in [0.25, 0.3) is 10.9 Å². The van der Waals surface area contributed by atoms with Gasteiger partial charge >= 0.3 is 6.01 Å². The maximum atomic E-state index is 12.9. The number of hydrogen-bond acceptors (Lipinski definition) is 5. The quantitative estimate of drug-likeness (QED) is 0.725. The molecule has 0 spiro atoms. The zero-order valence-corrected chi connectivity index (χ0v) is 14.0. The Morgan fingerprint density at radius 2 is 1.96 bits per heavy atom. The van der Waals surface area contributed by atoms with Crippen LogP contribution in [0.1, 0.15) is 23.3 Å². The van der Waals surface area contributed by atoms with Crippen LogP contribution < -0.4 is 4.74 Å². The summed E-state index contributed by atoms with van der Waals surface area (Å²) in [5.74, 6) is -0.635. The molecule has 132 valence electrons. The number of piperidine rings is 1. The van der Waals surface area contributed by atoms with Gasteiger partial charge in [0.2, 0.25) is 0 Å². The molecule has 1 fully saturated rings. The van der Waals surface area contributed by atoms with Crippen LogP contribution in [0.15, 0.2) is 48.8 Å². The van der Waals surface area contributed by atoms with Crippen molar-refractivity contribution in [2.75, 3.05) is 13.1 Å². The number of carbonyl (C=O) groups excluding carboxylic acids is 1. The number of aromatic nitrogens is 3. The van der Waals surface area contributed by atoms with Gasteiger partial charge < -0.3 is 9.64 Å². The number of fused-ring (bicyclic) bond motifs is 1. The van der Waals surface area contributed by atoms with Crippen molar-refractivity contribution in [3.63, 3.8) is 0 Å². The van der Waals surface area contributed by atoms with Crippen LogP contribution in [0.5, 0.6) is 6.01 Å². The number of halogens is 1. The Labute approximate surface area is 149 Å². The Morgan fingerprint density at radius 1 is 1.15 bits per heavy atom. The zero-order chi connectivity index (χ0) is 17.9. The highest BCUT2D eigenvalue weighted by atomic mass is 19.1. The van der Waals surface area contributed by atoms with Crippen LogP contribution in [0, 0.1) is 5.82 Å². The van der Waals surface area contributed by atoms with Crippen LogP contribution in [0.4, 0.5) is 4.39 Å². The molecule has 4 rings (SSSR count). The van der Waals surface area contributed by atoms with Gasteiger partial charge in [-0.25, -0.2) is 19.3 Å². The third-order valence-corrected chi connectivity index (χ3v) is 4.35. The van der Waals surface area contributed by atoms with E-state index >= 15 is 0 Å². The van der Waals surface area contributed by atoms with Crippen molar-refractivity contribution in [1.82, 2.24) is 19.9 Å². The average Bonchev–Trinajstić information content (AvgIpc) is 2.69. The van der Waals surface area contributed by atoms with E-state index in [1.165, 1.54) is 0 Å². The molecule has 1 aliphatic rings. The van der Waals surface area contributed by atoms with Gasteiger partial charge in [0, 0.05) is 11.9 Å². The lowest BCUT2D eigenvalue weighted by Gasteiger charge is -2.32. The Balaban J connectivity index is 1.47. The number of para-hydroxylation sites is 1. The van der Waals surface area contributed by atoms with Crippen LogP contribution >= 0.6 is 0 Å². The molecule has 0 radical (unpaired) electrons. The number of amides is 1. The summed E-state index contributed by atoms with van der Waals surface area (Å²) in [4.78, 5) is 26.6. The van der Waals surface area contributed by atoms with Gasteiger partial charge in [0.15, 0.2) is 5.82 Å². The summed E-state index contributed by atoms with van der Waals surface area (Å²) < 4.78 is 18.6. The minimum Gasteiger partial charge on any atom is -0.458 e. The maximum Gasteiger partial charge on any atom is 0.316 e. The van der Waals surface area contributed by atoms with E-state index < -0.39 is 5.82 Å². The molecule has 3 heterocycles. The second-order valence-electron chi connectivity index (χ2n) is 6.21. The standard InChI is InChI=1S/C19H17FN4O2/c20-14-10-21-19(22-11-14)26-15-5-3-9-24(12-15)18(25)17-8-7-13-4-1-2-6-16(13)23-17/h1-2,4,6-8,10-11,15H,3,5,9,12H2. The van der Waals surface area contributed by atoms with E-state index in [0.717, 1.165) is 36.1 Å². The third-order valence-electron chi connectivity index (χ3n) is 4.35. The number of likely N-dealkylation sites (tertiary alicyclic amines) is 1. The summed E-state index contributed by atoms with van der Waals surface area (Å²) in [6, 6.07) is 11.5. The van der Waals surface area contributed by atoms with E-state index in [1.54, 1.807) is 11.0 Å². The Kier molecular flexibility index (Phi) is 4.43. The first-order valence-electron chi connectivity index (χ1n) is 8.48. The van der Waals surface area contributed by atoms with Crippen LogP contribution in [0.3, 0.4) is 0 Å². The van der Waals surface area contributed by atoms with E-state index in [0.29, 0.717) is 18.8 Å². The van der Waals surface area contributed by atoms with Crippen LogP contribution in [-0.4, -0.2) is 45.0 Å². The predicted molar refractivity (Wildman–Crippen MR) is 93.3 cm³/mol. The lowest BCUT2D eigenvalue weighted by Crippen LogP contribution is -2.44. The predicted octanol–water partition coefficient (Wildman–Crippen LogP) is 2.85. The highest BCUT2D eigenvalue weighted by Gasteiger charge is 2.27. The summed E-state index contributed by atoms with van der Waals surface area (Å²) >= 11 is 0. The zero-order valence-electron chi connectivity index (χ0n) is 14.0. The normalized spacial score (nSPS) is 17.3. The molecule has 1 aromatic carbocycles. The van der Waals surface area contributed by atoms with Gasteiger partial charge in [-0.2, -0.15) is 0 Å². The maximum absolute atomic E-state index is 12.9. The monoisotopic (exact) mass is 352 g/mol. The molecule has 1 unspecified atom stereocenters. The summed E-state index contributed by atoms with van der Waals surface area (Å²) in [6.45, 7) is 1.07. The lowest BCUT2D eigenvalue weighted by molar-refractivity contribution is 0.0510. The first-order valence-corrected chi connectivity index (χ1v) is 8.48. The molecule has 7 heteroatoms. The fourth-order valence-electron chi connectivity index (χ4n) is 3.08. The van der Waals surface area contributed by atoms with Gasteiger partial charge in [-0.05, 0) is 25.0 Å². The van der Waals surface area contributed by atoms with Crippen molar-refractivity contribution in [3.8, 4) is 6.01 Å². The molecule has 6 nitrogen and oxygen atoms in total. The van der Waals surface area contributed by atoms with E-state index in [-0.39, 0.29) is 18.0 Å². The Bertz CT molecular complexity index is 932. The highest BCUT2D eigenvalue weighted by molar-refractivity contribution is 5.95. The topological polar surface area (TPSA) is 68.2 Å². The van der Waals surface area contributed by atoms with Gasteiger partial charge in [0.05, 0.1) is 24.5 Å². The van der Waals surface area contributed by atoms with Gasteiger partial charge in [0.1, 0.15) is 11.8 Å². The molecular formula is C19H17FN4O2. The molecule has 1 amide bonds. The molecule has 26 heavy (non-hydrogen) atoms. The number of benzene rings is 1. The third kappa shape index (κ3) is 3.46. The molecule has 0 aliphatic carbocycles. The molecule has 0 bridgehead atoms. The summed E-state index contributed by atoms with van der Waals surface area (Å²) in [6.07, 6.45) is 3.50. The molecule has 3 aromatic rings. The molecule has 0 N–H and O–H groups in total. The molecule has 1 saturated heterocycles. The van der Waals surface area contributed by atoms with Crippen molar-refractivity contribution < 1.29 is 13.9 Å². The molecule has 2 aromatic heterocycles. The van der Waals surface area contributed by atoms with Gasteiger partial charge in [-0.1, -0.05) is 24.3 Å². The van der Waals surface area contributed by atoms with E-state index in [2.05, 4.69) is 15.0 Å². The number of ether oxygens (including phenoxy) is 1. The minimum absolute atomic E-state index is 0.120. The van der Waals surface area contributed by atoms with Gasteiger partial charge in [-0.15, -0.1) is 0 Å². The first-order chi connectivity index (χ1) is 12.7. The summed E-state index contributed by atoms with van der Waals surface area (Å²) in [7, 11) is 0. The Hall–Kier alpha value is -3.09. The fraction of sp³-hybridized carbons (Fsp3) is 0.263. The SMILES string of the molecule is O=C(c1ccc2ccccc2n1)N1CCCC(Oc2ncc(F)cn2)C1. The number of carbonyl (C=O) groups is 1. The number of rotatable bonds is 3. The summed E-state index contributed by atoms with van der Waals surface area (Å²) in [5.41, 5.74) is 1.21.